The van der Waals surface area contributed by atoms with Crippen LogP contribution in [-0.4, -0.2) is 4.83 Å². The van der Waals surface area contributed by atoms with Gasteiger partial charge in [0, 0.05) is 9.85 Å². The lowest BCUT2D eigenvalue weighted by molar-refractivity contribution is 0.337. The van der Waals surface area contributed by atoms with Gasteiger partial charge in [-0.05, 0) is 30.4 Å². The van der Waals surface area contributed by atoms with E-state index < -0.39 is 0 Å². The predicted molar refractivity (Wildman–Crippen MR) is 79.1 cm³/mol. The molecule has 2 rings (SSSR count). The molecule has 0 saturated heterocycles. The largest absolute Gasteiger partial charge is 0.0887 e. The third-order valence-corrected chi connectivity index (χ3v) is 4.78. The first-order valence-electron chi connectivity index (χ1n) is 6.63. The van der Waals surface area contributed by atoms with E-state index in [-0.39, 0.29) is 0 Å². The minimum Gasteiger partial charge on any atom is -0.0887 e. The molecule has 94 valence electrons. The zero-order valence-electron chi connectivity index (χ0n) is 10.2. The Labute approximate surface area is 118 Å². The Bertz CT molecular complexity index is 345. The Hall–Kier alpha value is -0.0100. The third-order valence-electron chi connectivity index (χ3n) is 3.71. The van der Waals surface area contributed by atoms with E-state index in [0.717, 1.165) is 17.4 Å². The van der Waals surface area contributed by atoms with E-state index in [2.05, 4.69) is 28.1 Å². The van der Waals surface area contributed by atoms with Gasteiger partial charge in [-0.3, -0.25) is 0 Å². The van der Waals surface area contributed by atoms with Crippen LogP contribution in [0.2, 0.25) is 5.02 Å². The quantitative estimate of drug-likeness (QED) is 0.633. The Morgan fingerprint density at radius 3 is 2.59 bits per heavy atom. The van der Waals surface area contributed by atoms with Crippen molar-refractivity contribution in [3.05, 3.63) is 34.9 Å². The van der Waals surface area contributed by atoms with Crippen molar-refractivity contribution < 1.29 is 0 Å². The van der Waals surface area contributed by atoms with Crippen molar-refractivity contribution in [2.24, 2.45) is 5.92 Å². The Balaban J connectivity index is 1.84. The van der Waals surface area contributed by atoms with Gasteiger partial charge < -0.3 is 0 Å². The summed E-state index contributed by atoms with van der Waals surface area (Å²) < 4.78 is 0. The van der Waals surface area contributed by atoms with Gasteiger partial charge >= 0.3 is 0 Å². The summed E-state index contributed by atoms with van der Waals surface area (Å²) in [5.74, 6) is 0.926. The van der Waals surface area contributed by atoms with Gasteiger partial charge in [0.2, 0.25) is 0 Å². The topological polar surface area (TPSA) is 0 Å². The molecular weight excluding hydrogens is 296 g/mol. The van der Waals surface area contributed by atoms with Gasteiger partial charge in [0.1, 0.15) is 0 Å². The summed E-state index contributed by atoms with van der Waals surface area (Å²) in [5.41, 5.74) is 1.27. The maximum atomic E-state index is 6.19. The second kappa shape index (κ2) is 6.80. The maximum absolute atomic E-state index is 6.19. The highest BCUT2D eigenvalue weighted by molar-refractivity contribution is 9.09. The molecule has 0 bridgehead atoms. The number of alkyl halides is 1. The van der Waals surface area contributed by atoms with Gasteiger partial charge in [0.05, 0.1) is 0 Å². The second-order valence-electron chi connectivity index (χ2n) is 5.13. The van der Waals surface area contributed by atoms with Gasteiger partial charge in [-0.2, -0.15) is 0 Å². The van der Waals surface area contributed by atoms with Gasteiger partial charge in [0.15, 0.2) is 0 Å². The van der Waals surface area contributed by atoms with Crippen LogP contribution in [0, 0.1) is 5.92 Å². The molecule has 1 atom stereocenters. The van der Waals surface area contributed by atoms with Crippen LogP contribution in [0.25, 0.3) is 0 Å². The lowest BCUT2D eigenvalue weighted by Crippen LogP contribution is -2.14. The van der Waals surface area contributed by atoms with Crippen molar-refractivity contribution in [2.75, 3.05) is 0 Å². The molecule has 1 unspecified atom stereocenters. The van der Waals surface area contributed by atoms with Gasteiger partial charge in [-0.25, -0.2) is 0 Å². The number of hydrogen-bond donors (Lipinski definition) is 0. The van der Waals surface area contributed by atoms with E-state index in [0.29, 0.717) is 4.83 Å². The molecule has 0 aliphatic heterocycles. The van der Waals surface area contributed by atoms with E-state index in [4.69, 9.17) is 11.6 Å². The summed E-state index contributed by atoms with van der Waals surface area (Å²) in [4.78, 5) is 0.575. The zero-order chi connectivity index (χ0) is 12.1. The van der Waals surface area contributed by atoms with Crippen LogP contribution in [0.5, 0.6) is 0 Å². The first-order chi connectivity index (χ1) is 8.25. The molecule has 1 aliphatic rings. The fourth-order valence-corrected chi connectivity index (χ4v) is 3.86. The molecule has 1 fully saturated rings. The molecule has 1 aromatic carbocycles. The lowest BCUT2D eigenvalue weighted by Gasteiger charge is -2.24. The van der Waals surface area contributed by atoms with Crippen molar-refractivity contribution in [1.82, 2.24) is 0 Å². The molecule has 0 radical (unpaired) electrons. The van der Waals surface area contributed by atoms with Crippen molar-refractivity contribution in [2.45, 2.75) is 49.8 Å². The van der Waals surface area contributed by atoms with E-state index in [1.807, 2.05) is 12.1 Å². The highest BCUT2D eigenvalue weighted by Gasteiger charge is 2.18. The molecule has 0 aromatic heterocycles. The fourth-order valence-electron chi connectivity index (χ4n) is 2.77. The van der Waals surface area contributed by atoms with Gasteiger partial charge in [0.25, 0.3) is 0 Å². The van der Waals surface area contributed by atoms with E-state index >= 15 is 0 Å². The highest BCUT2D eigenvalue weighted by Crippen LogP contribution is 2.31. The van der Waals surface area contributed by atoms with Gasteiger partial charge in [-0.1, -0.05) is 77.8 Å². The SMILES string of the molecule is Clc1ccccc1CC(Br)CC1CCCCC1. The summed E-state index contributed by atoms with van der Waals surface area (Å²) >= 11 is 10.0. The highest BCUT2D eigenvalue weighted by atomic mass is 79.9. The van der Waals surface area contributed by atoms with Crippen LogP contribution in [0.15, 0.2) is 24.3 Å². The molecular formula is C15H20BrCl. The molecule has 2 heteroatoms. The molecule has 0 nitrogen and oxygen atoms in total. The summed E-state index contributed by atoms with van der Waals surface area (Å²) in [5, 5.41) is 0.903. The molecule has 1 aromatic rings. The first kappa shape index (κ1) is 13.4. The van der Waals surface area contributed by atoms with E-state index in [9.17, 15) is 0 Å². The monoisotopic (exact) mass is 314 g/mol. The normalized spacial score (nSPS) is 19.2. The van der Waals surface area contributed by atoms with Crippen LogP contribution in [0.4, 0.5) is 0 Å². The predicted octanol–water partition coefficient (Wildman–Crippen LogP) is 5.62. The van der Waals surface area contributed by atoms with Crippen molar-refractivity contribution in [3.63, 3.8) is 0 Å². The number of benzene rings is 1. The van der Waals surface area contributed by atoms with Crippen molar-refractivity contribution in [3.8, 4) is 0 Å². The zero-order valence-corrected chi connectivity index (χ0v) is 12.5. The molecule has 0 spiro atoms. The number of rotatable bonds is 4. The van der Waals surface area contributed by atoms with E-state index in [1.54, 1.807) is 0 Å². The van der Waals surface area contributed by atoms with Crippen LogP contribution in [-0.2, 0) is 6.42 Å². The molecule has 1 saturated carbocycles. The first-order valence-corrected chi connectivity index (χ1v) is 7.92. The Morgan fingerprint density at radius 1 is 1.18 bits per heavy atom. The van der Waals surface area contributed by atoms with Gasteiger partial charge in [-0.15, -0.1) is 0 Å². The summed E-state index contributed by atoms with van der Waals surface area (Å²) in [6.45, 7) is 0. The Kier molecular flexibility index (Phi) is 5.37. The minimum atomic E-state index is 0.575. The minimum absolute atomic E-state index is 0.575. The molecule has 17 heavy (non-hydrogen) atoms. The second-order valence-corrected chi connectivity index (χ2v) is 6.83. The standard InChI is InChI=1S/C15H20BrCl/c16-14(10-12-6-2-1-3-7-12)11-13-8-4-5-9-15(13)17/h4-5,8-9,12,14H,1-3,6-7,10-11H2. The van der Waals surface area contributed by atoms with Crippen LogP contribution < -0.4 is 0 Å². The summed E-state index contributed by atoms with van der Waals surface area (Å²) in [6, 6.07) is 8.19. The van der Waals surface area contributed by atoms with Crippen molar-refractivity contribution >= 4 is 27.5 Å². The third kappa shape index (κ3) is 4.30. The molecule has 0 N–H and O–H groups in total. The average Bonchev–Trinajstić information content (AvgIpc) is 2.33. The summed E-state index contributed by atoms with van der Waals surface area (Å²) in [6.07, 6.45) is 9.48. The number of halogens is 2. The van der Waals surface area contributed by atoms with Crippen LogP contribution >= 0.6 is 27.5 Å². The maximum Gasteiger partial charge on any atom is 0.0438 e. The fraction of sp³-hybridized carbons (Fsp3) is 0.600. The van der Waals surface area contributed by atoms with Crippen LogP contribution in [0.1, 0.15) is 44.1 Å². The lowest BCUT2D eigenvalue weighted by atomic mass is 9.85. The van der Waals surface area contributed by atoms with E-state index in [1.165, 1.54) is 44.1 Å². The molecule has 1 aliphatic carbocycles. The van der Waals surface area contributed by atoms with Crippen molar-refractivity contribution in [1.29, 1.82) is 0 Å². The molecule has 0 heterocycles. The molecule has 0 amide bonds. The number of hydrogen-bond acceptors (Lipinski definition) is 0. The van der Waals surface area contributed by atoms with Crippen LogP contribution in [0.3, 0.4) is 0 Å². The average molecular weight is 316 g/mol. The summed E-state index contributed by atoms with van der Waals surface area (Å²) in [7, 11) is 0. The smallest absolute Gasteiger partial charge is 0.0438 e. The Morgan fingerprint density at radius 2 is 1.88 bits per heavy atom.